The molecule has 3 rings (SSSR count). The van der Waals surface area contributed by atoms with E-state index >= 15 is 0 Å². The van der Waals surface area contributed by atoms with Crippen LogP contribution in [0, 0.1) is 0 Å². The molecule has 7 heteroatoms. The van der Waals surface area contributed by atoms with Crippen LogP contribution < -0.4 is 20.4 Å². The Morgan fingerprint density at radius 1 is 1.14 bits per heavy atom. The number of morpholine rings is 1. The van der Waals surface area contributed by atoms with Crippen LogP contribution in [0.3, 0.4) is 0 Å². The number of carbonyl (C=O) groups excluding carboxylic acids is 1. The number of hydrogen-bond acceptors (Lipinski definition) is 5. The highest BCUT2D eigenvalue weighted by Gasteiger charge is 2.16. The first-order valence-electron chi connectivity index (χ1n) is 9.78. The molecule has 1 aromatic heterocycles. The number of carbonyl (C=O) groups is 1. The molecule has 0 bridgehead atoms. The number of urea groups is 1. The number of nitrogens with zero attached hydrogens (tertiary/aromatic N) is 3. The first-order chi connectivity index (χ1) is 13.7. The standard InChI is InChI=1S/C21H29N5O2/c1-25(19-8-3-2-4-9-19)12-6-11-23-21(27)24-17-18-7-5-10-22-20(18)26-13-15-28-16-14-26/h2-5,7-10H,6,11-17H2,1H3,(H2,23,24,27). The van der Waals surface area contributed by atoms with Crippen molar-refractivity contribution in [1.29, 1.82) is 0 Å². The van der Waals surface area contributed by atoms with E-state index in [0.717, 1.165) is 37.4 Å². The van der Waals surface area contributed by atoms with Crippen molar-refractivity contribution >= 4 is 17.5 Å². The van der Waals surface area contributed by atoms with E-state index < -0.39 is 0 Å². The van der Waals surface area contributed by atoms with Gasteiger partial charge in [0.1, 0.15) is 5.82 Å². The summed E-state index contributed by atoms with van der Waals surface area (Å²) in [6, 6.07) is 14.0. The largest absolute Gasteiger partial charge is 0.378 e. The number of pyridine rings is 1. The van der Waals surface area contributed by atoms with E-state index in [-0.39, 0.29) is 6.03 Å². The van der Waals surface area contributed by atoms with Gasteiger partial charge in [-0.25, -0.2) is 9.78 Å². The SMILES string of the molecule is CN(CCCNC(=O)NCc1cccnc1N1CCOCC1)c1ccccc1. The average Bonchev–Trinajstić information content (AvgIpc) is 2.76. The fourth-order valence-corrected chi connectivity index (χ4v) is 3.20. The zero-order valence-electron chi connectivity index (χ0n) is 16.4. The third kappa shape index (κ3) is 5.85. The van der Waals surface area contributed by atoms with Crippen molar-refractivity contribution in [2.75, 3.05) is 56.2 Å². The van der Waals surface area contributed by atoms with Crippen molar-refractivity contribution in [3.63, 3.8) is 0 Å². The second-order valence-electron chi connectivity index (χ2n) is 6.81. The van der Waals surface area contributed by atoms with E-state index in [0.29, 0.717) is 26.3 Å². The first-order valence-corrected chi connectivity index (χ1v) is 9.78. The minimum atomic E-state index is -0.154. The number of para-hydroxylation sites is 1. The number of hydrogen-bond donors (Lipinski definition) is 2. The maximum absolute atomic E-state index is 12.1. The quantitative estimate of drug-likeness (QED) is 0.684. The Bertz CT molecular complexity index is 735. The summed E-state index contributed by atoms with van der Waals surface area (Å²) in [5.74, 6) is 0.926. The zero-order chi connectivity index (χ0) is 19.6. The highest BCUT2D eigenvalue weighted by molar-refractivity contribution is 5.74. The van der Waals surface area contributed by atoms with Gasteiger partial charge in [0, 0.05) is 57.2 Å². The molecule has 1 fully saturated rings. The Balaban J connectivity index is 1.39. The van der Waals surface area contributed by atoms with Gasteiger partial charge in [-0.1, -0.05) is 24.3 Å². The number of anilines is 2. The summed E-state index contributed by atoms with van der Waals surface area (Å²) in [5.41, 5.74) is 2.20. The van der Waals surface area contributed by atoms with Crippen molar-refractivity contribution in [2.45, 2.75) is 13.0 Å². The topological polar surface area (TPSA) is 69.7 Å². The molecule has 1 aliphatic heterocycles. The van der Waals surface area contributed by atoms with Crippen molar-refractivity contribution in [3.05, 3.63) is 54.2 Å². The second-order valence-corrected chi connectivity index (χ2v) is 6.81. The van der Waals surface area contributed by atoms with Crippen LogP contribution in [0.2, 0.25) is 0 Å². The molecule has 2 N–H and O–H groups in total. The van der Waals surface area contributed by atoms with Crippen LogP contribution in [-0.4, -0.2) is 57.5 Å². The van der Waals surface area contributed by atoms with Gasteiger partial charge in [-0.05, 0) is 24.6 Å². The molecule has 150 valence electrons. The zero-order valence-corrected chi connectivity index (χ0v) is 16.4. The van der Waals surface area contributed by atoms with Crippen LogP contribution in [0.5, 0.6) is 0 Å². The number of ether oxygens (including phenoxy) is 1. The monoisotopic (exact) mass is 383 g/mol. The van der Waals surface area contributed by atoms with E-state index in [1.165, 1.54) is 5.69 Å². The van der Waals surface area contributed by atoms with Crippen LogP contribution in [0.15, 0.2) is 48.7 Å². The van der Waals surface area contributed by atoms with Crippen molar-refractivity contribution in [3.8, 4) is 0 Å². The average molecular weight is 383 g/mol. The van der Waals surface area contributed by atoms with Gasteiger partial charge in [-0.15, -0.1) is 0 Å². The van der Waals surface area contributed by atoms with Gasteiger partial charge in [0.05, 0.1) is 13.2 Å². The molecular formula is C21H29N5O2. The fraction of sp³-hybridized carbons (Fsp3) is 0.429. The van der Waals surface area contributed by atoms with Gasteiger partial charge >= 0.3 is 6.03 Å². The molecule has 2 amide bonds. The lowest BCUT2D eigenvalue weighted by Gasteiger charge is -2.29. The summed E-state index contributed by atoms with van der Waals surface area (Å²) < 4.78 is 5.41. The second kappa shape index (κ2) is 10.5. The summed E-state index contributed by atoms with van der Waals surface area (Å²) in [7, 11) is 2.06. The molecule has 1 aliphatic rings. The van der Waals surface area contributed by atoms with Gasteiger partial charge < -0.3 is 25.2 Å². The lowest BCUT2D eigenvalue weighted by Crippen LogP contribution is -2.39. The van der Waals surface area contributed by atoms with Crippen LogP contribution in [0.25, 0.3) is 0 Å². The minimum Gasteiger partial charge on any atom is -0.378 e. The number of benzene rings is 1. The Morgan fingerprint density at radius 2 is 1.93 bits per heavy atom. The fourth-order valence-electron chi connectivity index (χ4n) is 3.20. The number of amides is 2. The van der Waals surface area contributed by atoms with Crippen LogP contribution in [0.4, 0.5) is 16.3 Å². The third-order valence-electron chi connectivity index (χ3n) is 4.77. The van der Waals surface area contributed by atoms with Crippen LogP contribution >= 0.6 is 0 Å². The number of nitrogens with one attached hydrogen (secondary N) is 2. The van der Waals surface area contributed by atoms with Crippen molar-refractivity contribution in [1.82, 2.24) is 15.6 Å². The minimum absolute atomic E-state index is 0.154. The molecule has 0 unspecified atom stereocenters. The third-order valence-corrected chi connectivity index (χ3v) is 4.77. The molecule has 0 atom stereocenters. The van der Waals surface area contributed by atoms with Gasteiger partial charge in [-0.3, -0.25) is 0 Å². The van der Waals surface area contributed by atoms with Gasteiger partial charge in [-0.2, -0.15) is 0 Å². The molecule has 0 radical (unpaired) electrons. The molecule has 0 aliphatic carbocycles. The molecule has 7 nitrogen and oxygen atoms in total. The maximum Gasteiger partial charge on any atom is 0.315 e. The van der Waals surface area contributed by atoms with E-state index in [1.54, 1.807) is 6.20 Å². The summed E-state index contributed by atoms with van der Waals surface area (Å²) in [4.78, 5) is 21.0. The van der Waals surface area contributed by atoms with E-state index in [1.807, 2.05) is 30.3 Å². The molecule has 0 saturated carbocycles. The van der Waals surface area contributed by atoms with Gasteiger partial charge in [0.15, 0.2) is 0 Å². The van der Waals surface area contributed by atoms with E-state index in [4.69, 9.17) is 4.74 Å². The molecule has 2 heterocycles. The van der Waals surface area contributed by atoms with Crippen molar-refractivity contribution < 1.29 is 9.53 Å². The van der Waals surface area contributed by atoms with Crippen LogP contribution in [-0.2, 0) is 11.3 Å². The Morgan fingerprint density at radius 3 is 2.71 bits per heavy atom. The number of aromatic nitrogens is 1. The summed E-state index contributed by atoms with van der Waals surface area (Å²) in [6.07, 6.45) is 2.67. The summed E-state index contributed by atoms with van der Waals surface area (Å²) in [6.45, 7) is 5.04. The summed E-state index contributed by atoms with van der Waals surface area (Å²) in [5, 5.41) is 5.86. The highest BCUT2D eigenvalue weighted by Crippen LogP contribution is 2.18. The number of rotatable bonds is 8. The van der Waals surface area contributed by atoms with Crippen molar-refractivity contribution in [2.24, 2.45) is 0 Å². The molecular weight excluding hydrogens is 354 g/mol. The Kier molecular flexibility index (Phi) is 7.49. The van der Waals surface area contributed by atoms with Crippen LogP contribution in [0.1, 0.15) is 12.0 Å². The predicted octanol–water partition coefficient (Wildman–Crippen LogP) is 2.24. The lowest BCUT2D eigenvalue weighted by atomic mass is 10.2. The maximum atomic E-state index is 12.1. The molecule has 28 heavy (non-hydrogen) atoms. The summed E-state index contributed by atoms with van der Waals surface area (Å²) >= 11 is 0. The van der Waals surface area contributed by atoms with E-state index in [2.05, 4.69) is 44.6 Å². The lowest BCUT2D eigenvalue weighted by molar-refractivity contribution is 0.122. The molecule has 2 aromatic rings. The highest BCUT2D eigenvalue weighted by atomic mass is 16.5. The normalized spacial score (nSPS) is 13.8. The van der Waals surface area contributed by atoms with Gasteiger partial charge in [0.25, 0.3) is 0 Å². The molecule has 1 aromatic carbocycles. The van der Waals surface area contributed by atoms with Gasteiger partial charge in [0.2, 0.25) is 0 Å². The Labute approximate surface area is 166 Å². The van der Waals surface area contributed by atoms with E-state index in [9.17, 15) is 4.79 Å². The smallest absolute Gasteiger partial charge is 0.315 e. The molecule has 1 saturated heterocycles. The molecule has 0 spiro atoms. The Hall–Kier alpha value is -2.80. The first kappa shape index (κ1) is 19.9. The predicted molar refractivity (Wildman–Crippen MR) is 112 cm³/mol.